The lowest BCUT2D eigenvalue weighted by molar-refractivity contribution is -0.385. The molecular formula is C13H12ClN3O3S. The number of aromatic nitrogens is 2. The molecule has 110 valence electrons. The summed E-state index contributed by atoms with van der Waals surface area (Å²) in [5.74, 6) is 0.335. The number of benzene rings is 1. The second kappa shape index (κ2) is 6.28. The third kappa shape index (κ3) is 3.62. The van der Waals surface area contributed by atoms with Gasteiger partial charge in [-0.1, -0.05) is 29.4 Å². The average molecular weight is 326 g/mol. The number of hydrogen-bond donors (Lipinski definition) is 0. The first-order valence-corrected chi connectivity index (χ1v) is 7.53. The summed E-state index contributed by atoms with van der Waals surface area (Å²) in [4.78, 5) is 18.8. The molecule has 0 aliphatic heterocycles. The zero-order valence-corrected chi connectivity index (χ0v) is 13.2. The molecule has 0 aliphatic rings. The Kier molecular flexibility index (Phi) is 4.64. The summed E-state index contributed by atoms with van der Waals surface area (Å²) < 4.78 is 5.59. The molecule has 0 fully saturated rings. The maximum atomic E-state index is 11.2. The molecule has 6 nitrogen and oxygen atoms in total. The van der Waals surface area contributed by atoms with Crippen molar-refractivity contribution in [3.05, 3.63) is 44.6 Å². The Morgan fingerprint density at radius 1 is 1.29 bits per heavy atom. The average Bonchev–Trinajstić information content (AvgIpc) is 2.40. The van der Waals surface area contributed by atoms with E-state index < -0.39 is 4.92 Å². The van der Waals surface area contributed by atoms with E-state index in [1.165, 1.54) is 23.9 Å². The minimum absolute atomic E-state index is 0.104. The lowest BCUT2D eigenvalue weighted by atomic mass is 10.1. The number of aryl methyl sites for hydroxylation is 2. The molecular weight excluding hydrogens is 314 g/mol. The molecule has 0 saturated carbocycles. The predicted molar refractivity (Wildman–Crippen MR) is 81.5 cm³/mol. The van der Waals surface area contributed by atoms with Crippen molar-refractivity contribution < 1.29 is 9.66 Å². The smallest absolute Gasteiger partial charge is 0.312 e. The fourth-order valence-corrected chi connectivity index (χ4v) is 2.42. The van der Waals surface area contributed by atoms with E-state index >= 15 is 0 Å². The molecule has 0 bridgehead atoms. The Bertz CT molecular complexity index is 709. The van der Waals surface area contributed by atoms with Crippen molar-refractivity contribution in [1.29, 1.82) is 0 Å². The number of nitro groups is 1. The molecule has 0 saturated heterocycles. The zero-order chi connectivity index (χ0) is 15.6. The summed E-state index contributed by atoms with van der Waals surface area (Å²) in [6.07, 6.45) is 1.80. The number of nitro benzene ring substituents is 1. The number of rotatable bonds is 4. The quantitative estimate of drug-likeness (QED) is 0.276. The third-order valence-corrected chi connectivity index (χ3v) is 3.38. The molecule has 1 aromatic heterocycles. The highest BCUT2D eigenvalue weighted by molar-refractivity contribution is 7.98. The van der Waals surface area contributed by atoms with Crippen LogP contribution >= 0.6 is 23.4 Å². The van der Waals surface area contributed by atoms with Gasteiger partial charge in [0.25, 0.3) is 0 Å². The van der Waals surface area contributed by atoms with Crippen LogP contribution in [0.1, 0.15) is 11.1 Å². The van der Waals surface area contributed by atoms with Gasteiger partial charge in [-0.05, 0) is 31.2 Å². The maximum absolute atomic E-state index is 11.2. The van der Waals surface area contributed by atoms with Crippen LogP contribution in [0.3, 0.4) is 0 Å². The SMILES string of the molecule is CSc1nc(Cl)cc(Oc2c(C)cc(C)cc2[N+](=O)[O-])n1. The molecule has 0 N–H and O–H groups in total. The van der Waals surface area contributed by atoms with Gasteiger partial charge in [-0.15, -0.1) is 0 Å². The van der Waals surface area contributed by atoms with Crippen LogP contribution in [0.25, 0.3) is 0 Å². The summed E-state index contributed by atoms with van der Waals surface area (Å²) >= 11 is 7.19. The van der Waals surface area contributed by atoms with E-state index in [2.05, 4.69) is 9.97 Å². The molecule has 1 aromatic carbocycles. The van der Waals surface area contributed by atoms with E-state index in [0.717, 1.165) is 5.56 Å². The first kappa shape index (κ1) is 15.5. The molecule has 0 atom stereocenters. The Morgan fingerprint density at radius 2 is 2.00 bits per heavy atom. The summed E-state index contributed by atoms with van der Waals surface area (Å²) in [7, 11) is 0. The summed E-state index contributed by atoms with van der Waals surface area (Å²) in [5.41, 5.74) is 1.34. The number of ether oxygens (including phenoxy) is 1. The summed E-state index contributed by atoms with van der Waals surface area (Å²) in [6, 6.07) is 4.69. The van der Waals surface area contributed by atoms with E-state index in [4.69, 9.17) is 16.3 Å². The first-order chi connectivity index (χ1) is 9.90. The lowest BCUT2D eigenvalue weighted by Gasteiger charge is -2.10. The predicted octanol–water partition coefficient (Wildman–Crippen LogP) is 4.17. The Hall–Kier alpha value is -1.86. The van der Waals surface area contributed by atoms with E-state index in [1.54, 1.807) is 26.2 Å². The van der Waals surface area contributed by atoms with Crippen molar-refractivity contribution in [2.45, 2.75) is 19.0 Å². The highest BCUT2D eigenvalue weighted by atomic mass is 35.5. The topological polar surface area (TPSA) is 78.2 Å². The monoisotopic (exact) mass is 325 g/mol. The zero-order valence-electron chi connectivity index (χ0n) is 11.6. The van der Waals surface area contributed by atoms with E-state index in [0.29, 0.717) is 10.7 Å². The lowest BCUT2D eigenvalue weighted by Crippen LogP contribution is -1.99. The van der Waals surface area contributed by atoms with E-state index in [-0.39, 0.29) is 22.5 Å². The summed E-state index contributed by atoms with van der Waals surface area (Å²) in [6.45, 7) is 3.53. The standard InChI is InChI=1S/C13H12ClN3O3S/c1-7-4-8(2)12(9(5-7)17(18)19)20-11-6-10(14)15-13(16-11)21-3/h4-6H,1-3H3. The number of hydrogen-bond acceptors (Lipinski definition) is 6. The molecule has 0 aliphatic carbocycles. The minimum Gasteiger partial charge on any atom is -0.431 e. The highest BCUT2D eigenvalue weighted by Gasteiger charge is 2.20. The van der Waals surface area contributed by atoms with Crippen LogP contribution in [0.4, 0.5) is 5.69 Å². The van der Waals surface area contributed by atoms with Gasteiger partial charge in [-0.2, -0.15) is 4.98 Å². The van der Waals surface area contributed by atoms with Crippen molar-refractivity contribution in [1.82, 2.24) is 9.97 Å². The van der Waals surface area contributed by atoms with Gasteiger partial charge in [0.2, 0.25) is 11.6 Å². The van der Waals surface area contributed by atoms with Crippen LogP contribution in [0.5, 0.6) is 11.6 Å². The molecule has 8 heteroatoms. The Labute approximate surface area is 130 Å². The van der Waals surface area contributed by atoms with Gasteiger partial charge < -0.3 is 4.74 Å². The Morgan fingerprint density at radius 3 is 2.62 bits per heavy atom. The van der Waals surface area contributed by atoms with Gasteiger partial charge in [-0.3, -0.25) is 10.1 Å². The fourth-order valence-electron chi connectivity index (χ4n) is 1.83. The van der Waals surface area contributed by atoms with Gasteiger partial charge in [0.1, 0.15) is 5.15 Å². The van der Waals surface area contributed by atoms with Crippen LogP contribution in [0, 0.1) is 24.0 Å². The second-order valence-electron chi connectivity index (χ2n) is 4.30. The number of halogens is 1. The Balaban J connectivity index is 2.48. The van der Waals surface area contributed by atoms with Crippen LogP contribution < -0.4 is 4.74 Å². The highest BCUT2D eigenvalue weighted by Crippen LogP contribution is 2.35. The van der Waals surface area contributed by atoms with Gasteiger partial charge in [0, 0.05) is 12.1 Å². The van der Waals surface area contributed by atoms with Gasteiger partial charge in [0.15, 0.2) is 5.16 Å². The molecule has 0 radical (unpaired) electrons. The molecule has 0 spiro atoms. The van der Waals surface area contributed by atoms with Crippen molar-refractivity contribution in [2.24, 2.45) is 0 Å². The third-order valence-electron chi connectivity index (χ3n) is 2.64. The molecule has 21 heavy (non-hydrogen) atoms. The van der Waals surface area contributed by atoms with Crippen molar-refractivity contribution in [3.8, 4) is 11.6 Å². The second-order valence-corrected chi connectivity index (χ2v) is 5.47. The van der Waals surface area contributed by atoms with Crippen LogP contribution in [-0.4, -0.2) is 21.1 Å². The van der Waals surface area contributed by atoms with E-state index in [9.17, 15) is 10.1 Å². The minimum atomic E-state index is -0.479. The van der Waals surface area contributed by atoms with E-state index in [1.807, 2.05) is 0 Å². The molecule has 2 aromatic rings. The first-order valence-electron chi connectivity index (χ1n) is 5.92. The molecule has 2 rings (SSSR count). The summed E-state index contributed by atoms with van der Waals surface area (Å²) in [5, 5.41) is 11.8. The normalized spacial score (nSPS) is 10.5. The van der Waals surface area contributed by atoms with Crippen LogP contribution in [-0.2, 0) is 0 Å². The largest absolute Gasteiger partial charge is 0.431 e. The molecule has 0 unspecified atom stereocenters. The maximum Gasteiger partial charge on any atom is 0.312 e. The number of nitrogens with zero attached hydrogens (tertiary/aromatic N) is 3. The fraction of sp³-hybridized carbons (Fsp3) is 0.231. The van der Waals surface area contributed by atoms with Gasteiger partial charge in [-0.25, -0.2) is 4.98 Å². The molecule has 0 amide bonds. The van der Waals surface area contributed by atoms with Crippen molar-refractivity contribution in [2.75, 3.05) is 6.26 Å². The van der Waals surface area contributed by atoms with Gasteiger partial charge in [0.05, 0.1) is 4.92 Å². The molecule has 1 heterocycles. The van der Waals surface area contributed by atoms with Crippen LogP contribution in [0.15, 0.2) is 23.4 Å². The van der Waals surface area contributed by atoms with Crippen molar-refractivity contribution >= 4 is 29.1 Å². The van der Waals surface area contributed by atoms with Crippen LogP contribution in [0.2, 0.25) is 5.15 Å². The number of thioether (sulfide) groups is 1. The van der Waals surface area contributed by atoms with Crippen molar-refractivity contribution in [3.63, 3.8) is 0 Å². The van der Waals surface area contributed by atoms with Gasteiger partial charge >= 0.3 is 5.69 Å².